The summed E-state index contributed by atoms with van der Waals surface area (Å²) in [5.41, 5.74) is 5.20. The minimum atomic E-state index is -1.25. The van der Waals surface area contributed by atoms with Gasteiger partial charge in [0.1, 0.15) is 12.1 Å². The van der Waals surface area contributed by atoms with Gasteiger partial charge in [-0.3, -0.25) is 14.5 Å². The molecule has 0 bridgehead atoms. The van der Waals surface area contributed by atoms with Crippen LogP contribution in [0.15, 0.2) is 109 Å². The Balaban J connectivity index is 1.19. The monoisotopic (exact) mass is 708 g/mol. The van der Waals surface area contributed by atoms with E-state index in [0.717, 1.165) is 32.7 Å². The molecule has 4 atom stereocenters. The van der Waals surface area contributed by atoms with Crippen LogP contribution in [0.25, 0.3) is 11.1 Å². The van der Waals surface area contributed by atoms with Crippen LogP contribution in [0, 0.1) is 0 Å². The van der Waals surface area contributed by atoms with Crippen molar-refractivity contribution in [2.45, 2.75) is 49.9 Å². The number of alkyl carbamates (subject to hydrolysis) is 1. The second kappa shape index (κ2) is 18.5. The Bertz CT molecular complexity index is 1790. The molecule has 4 aromatic rings. The zero-order valence-corrected chi connectivity index (χ0v) is 28.9. The number of anilines is 1. The third-order valence-electron chi connectivity index (χ3n) is 9.01. The Hall–Kier alpha value is -5.72. The van der Waals surface area contributed by atoms with E-state index in [0.29, 0.717) is 24.9 Å². The number of carbonyl (C=O) groups excluding carboxylic acids is 3. The van der Waals surface area contributed by atoms with Gasteiger partial charge in [-0.15, -0.1) is 0 Å². The highest BCUT2D eigenvalue weighted by Gasteiger charge is 2.37. The summed E-state index contributed by atoms with van der Waals surface area (Å²) in [5, 5.41) is 28.2. The molecule has 12 heteroatoms. The van der Waals surface area contributed by atoms with E-state index in [2.05, 4.69) is 16.0 Å². The minimum Gasteiger partial charge on any atom is -0.465 e. The summed E-state index contributed by atoms with van der Waals surface area (Å²) in [4.78, 5) is 52.3. The van der Waals surface area contributed by atoms with Crippen LogP contribution in [0.2, 0.25) is 0 Å². The highest BCUT2D eigenvalue weighted by Crippen LogP contribution is 2.23. The lowest BCUT2D eigenvalue weighted by Gasteiger charge is -2.37. The third kappa shape index (κ3) is 10.4. The van der Waals surface area contributed by atoms with Crippen LogP contribution < -0.4 is 16.0 Å². The lowest BCUT2D eigenvalue weighted by Crippen LogP contribution is -2.59. The second-order valence-corrected chi connectivity index (χ2v) is 12.6. The van der Waals surface area contributed by atoms with Crippen molar-refractivity contribution >= 4 is 29.7 Å². The number of methoxy groups -OCH3 is 1. The number of para-hydroxylation sites is 1. The predicted octanol–water partition coefficient (Wildman–Crippen LogP) is 4.66. The van der Waals surface area contributed by atoms with Crippen molar-refractivity contribution < 1.29 is 38.9 Å². The van der Waals surface area contributed by atoms with E-state index < -0.39 is 48.2 Å². The molecule has 5 N–H and O–H groups in total. The molecule has 1 saturated heterocycles. The highest BCUT2D eigenvalue weighted by molar-refractivity contribution is 5.97. The molecule has 0 aromatic heterocycles. The fraction of sp³-hybridized carbons (Fsp3) is 0.300. The quantitative estimate of drug-likeness (QED) is 0.126. The van der Waals surface area contributed by atoms with E-state index >= 15 is 0 Å². The standard InChI is InChI=1S/C40H44N4O8/c1-51-39(48)43-35(23-28-16-18-30(19-17-28)29-12-6-3-7-13-29)37(46)42-34-15-9-8-14-31(34)20-21-33-24-44(40(49)50)36(26-52-33)38(47)41-32(25-45)22-27-10-4-2-5-11-27/h2-19,32-33,35-36,45H,20-26H2,1H3,(H,41,47)(H,42,46)(H,43,48)(H,49,50)/t32-,33+,35-,36-/m0/s1. The van der Waals surface area contributed by atoms with Crippen molar-refractivity contribution in [1.82, 2.24) is 15.5 Å². The van der Waals surface area contributed by atoms with E-state index in [9.17, 15) is 29.4 Å². The number of carboxylic acid groups (broad SMARTS) is 1. The first-order valence-corrected chi connectivity index (χ1v) is 17.2. The Morgan fingerprint density at radius 2 is 1.46 bits per heavy atom. The average molecular weight is 709 g/mol. The zero-order valence-electron chi connectivity index (χ0n) is 28.9. The van der Waals surface area contributed by atoms with Gasteiger partial charge in [-0.05, 0) is 53.1 Å². The van der Waals surface area contributed by atoms with Gasteiger partial charge in [0.25, 0.3) is 0 Å². The maximum Gasteiger partial charge on any atom is 0.408 e. The number of benzene rings is 4. The number of hydrogen-bond donors (Lipinski definition) is 5. The molecule has 272 valence electrons. The van der Waals surface area contributed by atoms with Crippen LogP contribution in [0.5, 0.6) is 0 Å². The summed E-state index contributed by atoms with van der Waals surface area (Å²) >= 11 is 0. The number of rotatable bonds is 14. The lowest BCUT2D eigenvalue weighted by atomic mass is 10.00. The number of aliphatic hydroxyl groups excluding tert-OH is 1. The molecule has 4 aromatic carbocycles. The van der Waals surface area contributed by atoms with Crippen LogP contribution >= 0.6 is 0 Å². The van der Waals surface area contributed by atoms with E-state index in [1.807, 2.05) is 97.1 Å². The van der Waals surface area contributed by atoms with Gasteiger partial charge in [-0.25, -0.2) is 9.59 Å². The molecule has 0 spiro atoms. The summed E-state index contributed by atoms with van der Waals surface area (Å²) in [5.74, 6) is -0.968. The number of hydrogen-bond acceptors (Lipinski definition) is 7. The molecule has 0 radical (unpaired) electrons. The topological polar surface area (TPSA) is 167 Å². The normalized spacial score (nSPS) is 16.6. The minimum absolute atomic E-state index is 0.0292. The van der Waals surface area contributed by atoms with E-state index in [4.69, 9.17) is 9.47 Å². The number of nitrogens with one attached hydrogen (secondary N) is 3. The van der Waals surface area contributed by atoms with Crippen molar-refractivity contribution in [3.8, 4) is 11.1 Å². The summed E-state index contributed by atoms with van der Waals surface area (Å²) in [6.07, 6.45) is -1.02. The largest absolute Gasteiger partial charge is 0.465 e. The predicted molar refractivity (Wildman–Crippen MR) is 196 cm³/mol. The van der Waals surface area contributed by atoms with Crippen LogP contribution in [0.1, 0.15) is 23.1 Å². The molecule has 0 aliphatic carbocycles. The molecule has 12 nitrogen and oxygen atoms in total. The molecule has 1 fully saturated rings. The first kappa shape index (κ1) is 37.5. The first-order valence-electron chi connectivity index (χ1n) is 17.2. The molecular formula is C40H44N4O8. The Morgan fingerprint density at radius 1 is 0.827 bits per heavy atom. The number of aliphatic hydroxyl groups is 1. The molecule has 1 heterocycles. The van der Waals surface area contributed by atoms with Crippen molar-refractivity contribution in [2.24, 2.45) is 0 Å². The summed E-state index contributed by atoms with van der Waals surface area (Å²) in [6.45, 7) is -0.475. The maximum absolute atomic E-state index is 13.6. The number of nitrogens with zero attached hydrogens (tertiary/aromatic N) is 1. The van der Waals surface area contributed by atoms with Crippen LogP contribution in [-0.4, -0.2) is 90.2 Å². The van der Waals surface area contributed by atoms with Gasteiger partial charge >= 0.3 is 12.2 Å². The molecule has 5 rings (SSSR count). The van der Waals surface area contributed by atoms with Gasteiger partial charge in [0.05, 0.1) is 39.0 Å². The van der Waals surface area contributed by atoms with Gasteiger partial charge in [-0.1, -0.05) is 103 Å². The van der Waals surface area contributed by atoms with Gasteiger partial charge < -0.3 is 35.6 Å². The van der Waals surface area contributed by atoms with Crippen molar-refractivity contribution in [3.05, 3.63) is 126 Å². The summed E-state index contributed by atoms with van der Waals surface area (Å²) < 4.78 is 10.8. The van der Waals surface area contributed by atoms with Gasteiger partial charge in [0.2, 0.25) is 11.8 Å². The number of amides is 4. The Morgan fingerprint density at radius 3 is 2.13 bits per heavy atom. The van der Waals surface area contributed by atoms with Crippen molar-refractivity contribution in [2.75, 3.05) is 32.2 Å². The fourth-order valence-corrected chi connectivity index (χ4v) is 6.18. The SMILES string of the molecule is COC(=O)N[C@@H](Cc1ccc(-c2ccccc2)cc1)C(=O)Nc1ccccc1CC[C@@H]1CN(C(=O)O)[C@H](C(=O)N[C@H](CO)Cc2ccccc2)CO1. The number of morpholine rings is 1. The Kier molecular flexibility index (Phi) is 13.4. The molecule has 0 unspecified atom stereocenters. The van der Waals surface area contributed by atoms with Gasteiger partial charge in [0, 0.05) is 12.1 Å². The maximum atomic E-state index is 13.6. The third-order valence-corrected chi connectivity index (χ3v) is 9.01. The first-order chi connectivity index (χ1) is 25.2. The highest BCUT2D eigenvalue weighted by atomic mass is 16.5. The van der Waals surface area contributed by atoms with Crippen LogP contribution in [-0.2, 0) is 38.3 Å². The number of carbonyl (C=O) groups is 4. The fourth-order valence-electron chi connectivity index (χ4n) is 6.18. The summed E-state index contributed by atoms with van der Waals surface area (Å²) in [6, 6.07) is 31.7. The number of aryl methyl sites for hydroxylation is 1. The van der Waals surface area contributed by atoms with Crippen molar-refractivity contribution in [1.29, 1.82) is 0 Å². The smallest absolute Gasteiger partial charge is 0.408 e. The van der Waals surface area contributed by atoms with E-state index in [1.165, 1.54) is 7.11 Å². The average Bonchev–Trinajstić information content (AvgIpc) is 3.17. The molecule has 0 saturated carbocycles. The molecular weight excluding hydrogens is 664 g/mol. The van der Waals surface area contributed by atoms with Gasteiger partial charge in [0.15, 0.2) is 0 Å². The molecule has 1 aliphatic rings. The molecule has 4 amide bonds. The molecule has 52 heavy (non-hydrogen) atoms. The van der Waals surface area contributed by atoms with E-state index in [1.54, 1.807) is 12.1 Å². The zero-order chi connectivity index (χ0) is 36.9. The van der Waals surface area contributed by atoms with Crippen LogP contribution in [0.3, 0.4) is 0 Å². The lowest BCUT2D eigenvalue weighted by molar-refractivity contribution is -0.136. The molecule has 1 aliphatic heterocycles. The van der Waals surface area contributed by atoms with Crippen molar-refractivity contribution in [3.63, 3.8) is 0 Å². The van der Waals surface area contributed by atoms with Gasteiger partial charge in [-0.2, -0.15) is 0 Å². The summed E-state index contributed by atoms with van der Waals surface area (Å²) in [7, 11) is 1.24. The van der Waals surface area contributed by atoms with E-state index in [-0.39, 0.29) is 26.2 Å². The Labute approximate surface area is 302 Å². The van der Waals surface area contributed by atoms with Crippen LogP contribution in [0.4, 0.5) is 15.3 Å². The number of ether oxygens (including phenoxy) is 2. The second-order valence-electron chi connectivity index (χ2n) is 12.6.